The number of unbranched alkanes of at least 4 members (excludes halogenated alkanes) is 9. The molecule has 0 fully saturated rings. The van der Waals surface area contributed by atoms with E-state index in [1.165, 1.54) is 57.8 Å². The van der Waals surface area contributed by atoms with Crippen LogP contribution in [0.1, 0.15) is 96.5 Å². The number of benzene rings is 1. The second kappa shape index (κ2) is 20.7. The molecule has 37 heavy (non-hydrogen) atoms. The fourth-order valence-corrected chi connectivity index (χ4v) is 4.89. The molecular weight excluding hydrogens is 489 g/mol. The van der Waals surface area contributed by atoms with E-state index in [-0.39, 0.29) is 24.9 Å². The molecule has 7 nitrogen and oxygen atoms in total. The maximum atomic E-state index is 12.2. The summed E-state index contributed by atoms with van der Waals surface area (Å²) < 4.78 is 28.4. The van der Waals surface area contributed by atoms with Crippen LogP contribution >= 0.6 is 7.82 Å². The number of carbonyl (C=O) groups is 1. The van der Waals surface area contributed by atoms with Gasteiger partial charge >= 0.3 is 7.82 Å². The monoisotopic (exact) mass is 542 g/mol. The van der Waals surface area contributed by atoms with Crippen molar-refractivity contribution < 1.29 is 32.9 Å². The van der Waals surface area contributed by atoms with Gasteiger partial charge in [0.15, 0.2) is 0 Å². The molecular formula is C29H53NO6P+. The Morgan fingerprint density at radius 3 is 2.05 bits per heavy atom. The predicted molar refractivity (Wildman–Crippen MR) is 150 cm³/mol. The third-order valence-electron chi connectivity index (χ3n) is 6.45. The van der Waals surface area contributed by atoms with E-state index >= 15 is 0 Å². The Labute approximate surface area is 225 Å². The van der Waals surface area contributed by atoms with Gasteiger partial charge < -0.3 is 14.5 Å². The van der Waals surface area contributed by atoms with Crippen LogP contribution in [-0.4, -0.2) is 51.1 Å². The highest BCUT2D eigenvalue weighted by molar-refractivity contribution is 7.47. The lowest BCUT2D eigenvalue weighted by atomic mass is 9.94. The molecule has 0 aromatic heterocycles. The molecule has 0 aliphatic rings. The Morgan fingerprint density at radius 2 is 1.49 bits per heavy atom. The van der Waals surface area contributed by atoms with Gasteiger partial charge in [-0.25, -0.2) is 4.57 Å². The van der Waals surface area contributed by atoms with Crippen molar-refractivity contribution >= 4 is 13.6 Å². The summed E-state index contributed by atoms with van der Waals surface area (Å²) in [6.45, 7) is 5.52. The molecule has 0 bridgehead atoms. The van der Waals surface area contributed by atoms with Crippen LogP contribution in [0.5, 0.6) is 5.75 Å². The number of hydrogen-bond acceptors (Lipinski definition) is 5. The van der Waals surface area contributed by atoms with Crippen molar-refractivity contribution in [1.29, 1.82) is 0 Å². The SMILES string of the molecule is CCCCCCCCCCCCOc1ccc(CC(COP(=O)(O)OCC[NH+](C)C)CC(=O)CC)cc1. The van der Waals surface area contributed by atoms with Gasteiger partial charge in [-0.3, -0.25) is 13.8 Å². The molecule has 0 aliphatic heterocycles. The molecule has 0 aliphatic carbocycles. The lowest BCUT2D eigenvalue weighted by Crippen LogP contribution is -3.06. The minimum atomic E-state index is -4.14. The zero-order chi connectivity index (χ0) is 27.4. The number of phosphoric acid groups is 1. The number of likely N-dealkylation sites (N-methyl/N-ethyl adjacent to an activating group) is 1. The first kappa shape index (κ1) is 33.8. The van der Waals surface area contributed by atoms with Crippen molar-refractivity contribution in [2.45, 2.75) is 97.3 Å². The maximum Gasteiger partial charge on any atom is 0.472 e. The van der Waals surface area contributed by atoms with Crippen molar-refractivity contribution in [3.8, 4) is 5.75 Å². The normalized spacial score (nSPS) is 14.0. The average molecular weight is 543 g/mol. The van der Waals surface area contributed by atoms with Gasteiger partial charge in [0.25, 0.3) is 0 Å². The molecule has 1 aromatic carbocycles. The van der Waals surface area contributed by atoms with E-state index < -0.39 is 7.82 Å². The number of rotatable bonds is 24. The largest absolute Gasteiger partial charge is 0.494 e. The van der Waals surface area contributed by atoms with E-state index in [1.54, 1.807) is 0 Å². The fourth-order valence-electron chi connectivity index (χ4n) is 4.09. The number of carbonyl (C=O) groups excluding carboxylic acids is 1. The van der Waals surface area contributed by atoms with Crippen LogP contribution < -0.4 is 9.64 Å². The van der Waals surface area contributed by atoms with Gasteiger partial charge in [0.2, 0.25) is 0 Å². The highest BCUT2D eigenvalue weighted by atomic mass is 31.2. The summed E-state index contributed by atoms with van der Waals surface area (Å²) in [6, 6.07) is 7.89. The van der Waals surface area contributed by atoms with Crippen LogP contribution in [0.25, 0.3) is 0 Å². The van der Waals surface area contributed by atoms with E-state index in [2.05, 4.69) is 6.92 Å². The zero-order valence-corrected chi connectivity index (χ0v) is 24.7. The molecule has 2 unspecified atom stereocenters. The van der Waals surface area contributed by atoms with E-state index in [0.29, 0.717) is 25.8 Å². The highest BCUT2D eigenvalue weighted by Crippen LogP contribution is 2.43. The van der Waals surface area contributed by atoms with Gasteiger partial charge in [0, 0.05) is 12.8 Å². The number of ether oxygens (including phenoxy) is 1. The number of nitrogens with one attached hydrogen (secondary N) is 1. The molecule has 0 radical (unpaired) electrons. The van der Waals surface area contributed by atoms with Crippen LogP contribution in [0.4, 0.5) is 0 Å². The molecule has 0 heterocycles. The topological polar surface area (TPSA) is 86.5 Å². The summed E-state index contributed by atoms with van der Waals surface area (Å²) in [5, 5.41) is 0. The zero-order valence-electron chi connectivity index (χ0n) is 23.8. The molecule has 1 aromatic rings. The lowest BCUT2D eigenvalue weighted by molar-refractivity contribution is -0.858. The third kappa shape index (κ3) is 18.6. The van der Waals surface area contributed by atoms with Gasteiger partial charge in [0.05, 0.1) is 27.3 Å². The Hall–Kier alpha value is -1.24. The Bertz CT molecular complexity index is 755. The number of ketones is 1. The number of phosphoric ester groups is 1. The van der Waals surface area contributed by atoms with Crippen LogP contribution in [0.3, 0.4) is 0 Å². The summed E-state index contributed by atoms with van der Waals surface area (Å²) in [6.07, 6.45) is 14.3. The highest BCUT2D eigenvalue weighted by Gasteiger charge is 2.25. The van der Waals surface area contributed by atoms with Crippen molar-refractivity contribution in [3.05, 3.63) is 29.8 Å². The second-order valence-electron chi connectivity index (χ2n) is 10.4. The lowest BCUT2D eigenvalue weighted by Gasteiger charge is -2.19. The smallest absolute Gasteiger partial charge is 0.472 e. The molecule has 2 atom stereocenters. The predicted octanol–water partition coefficient (Wildman–Crippen LogP) is 5.79. The first-order chi connectivity index (χ1) is 17.8. The Balaban J connectivity index is 2.37. The van der Waals surface area contributed by atoms with E-state index in [4.69, 9.17) is 13.8 Å². The molecule has 1 rings (SSSR count). The molecule has 0 amide bonds. The summed E-state index contributed by atoms with van der Waals surface area (Å²) in [5.74, 6) is 0.748. The summed E-state index contributed by atoms with van der Waals surface area (Å²) >= 11 is 0. The molecule has 8 heteroatoms. The number of hydrogen-bond donors (Lipinski definition) is 2. The van der Waals surface area contributed by atoms with Crippen LogP contribution in [0.15, 0.2) is 24.3 Å². The van der Waals surface area contributed by atoms with Crippen LogP contribution in [0, 0.1) is 5.92 Å². The first-order valence-electron chi connectivity index (χ1n) is 14.4. The minimum Gasteiger partial charge on any atom is -0.494 e. The molecule has 0 saturated carbocycles. The van der Waals surface area contributed by atoms with Gasteiger partial charge in [-0.05, 0) is 36.5 Å². The summed E-state index contributed by atoms with van der Waals surface area (Å²) in [5.41, 5.74) is 1.04. The Morgan fingerprint density at radius 1 is 0.892 bits per heavy atom. The quantitative estimate of drug-likeness (QED) is 0.127. The Kier molecular flexibility index (Phi) is 18.9. The third-order valence-corrected chi connectivity index (χ3v) is 7.44. The molecule has 214 valence electrons. The van der Waals surface area contributed by atoms with Crippen molar-refractivity contribution in [2.75, 3.05) is 40.5 Å². The number of Topliss-reactive ketones (excluding diaryl/α,β-unsaturated/α-hetero) is 1. The maximum absolute atomic E-state index is 12.2. The molecule has 0 spiro atoms. The summed E-state index contributed by atoms with van der Waals surface area (Å²) in [4.78, 5) is 23.2. The summed E-state index contributed by atoms with van der Waals surface area (Å²) in [7, 11) is -0.267. The standard InChI is InChI=1S/C29H52NO6P/c1-5-7-8-9-10-11-12-13-14-15-21-34-29-18-16-26(17-19-29)23-27(24-28(31)6-2)25-36-37(32,33)35-22-20-30(3)4/h16-19,27H,5-15,20-25H2,1-4H3,(H,32,33)/p+1. The van der Waals surface area contributed by atoms with Crippen molar-refractivity contribution in [3.63, 3.8) is 0 Å². The van der Waals surface area contributed by atoms with Crippen molar-refractivity contribution in [1.82, 2.24) is 0 Å². The second-order valence-corrected chi connectivity index (χ2v) is 11.8. The first-order valence-corrected chi connectivity index (χ1v) is 15.9. The van der Waals surface area contributed by atoms with Crippen molar-refractivity contribution in [2.24, 2.45) is 5.92 Å². The average Bonchev–Trinajstić information content (AvgIpc) is 2.86. The van der Waals surface area contributed by atoms with Gasteiger partial charge in [0.1, 0.15) is 24.7 Å². The van der Waals surface area contributed by atoms with Crippen LogP contribution in [-0.2, 0) is 24.8 Å². The fraction of sp³-hybridized carbons (Fsp3) is 0.759. The van der Waals surface area contributed by atoms with Crippen LogP contribution in [0.2, 0.25) is 0 Å². The van der Waals surface area contributed by atoms with E-state index in [0.717, 1.165) is 29.2 Å². The molecule has 2 N–H and O–H groups in total. The van der Waals surface area contributed by atoms with Gasteiger partial charge in [-0.15, -0.1) is 0 Å². The minimum absolute atomic E-state index is 0.00860. The van der Waals surface area contributed by atoms with Gasteiger partial charge in [-0.1, -0.05) is 83.8 Å². The van der Waals surface area contributed by atoms with E-state index in [1.807, 2.05) is 45.3 Å². The molecule has 0 saturated heterocycles. The van der Waals surface area contributed by atoms with Gasteiger partial charge in [-0.2, -0.15) is 0 Å². The van der Waals surface area contributed by atoms with E-state index in [9.17, 15) is 14.3 Å². The number of quaternary nitrogens is 1.